The zero-order valence-electron chi connectivity index (χ0n) is 6.45. The fourth-order valence-electron chi connectivity index (χ4n) is 1.30. The van der Waals surface area contributed by atoms with Crippen molar-refractivity contribution in [2.45, 2.75) is 36.0 Å². The Bertz CT molecular complexity index is 86.9. The van der Waals surface area contributed by atoms with Gasteiger partial charge in [-0.3, -0.25) is 0 Å². The van der Waals surface area contributed by atoms with Crippen LogP contribution in [0.3, 0.4) is 0 Å². The molecule has 0 nitrogen and oxygen atoms in total. The summed E-state index contributed by atoms with van der Waals surface area (Å²) in [7, 11) is 0. The van der Waals surface area contributed by atoms with Crippen molar-refractivity contribution in [3.05, 3.63) is 0 Å². The van der Waals surface area contributed by atoms with E-state index in [4.69, 9.17) is 1.37 Å². The van der Waals surface area contributed by atoms with Crippen molar-refractivity contribution in [3.8, 4) is 0 Å². The normalized spacial score (nSPS) is 29.5. The molecule has 1 heteroatoms. The molecule has 0 aromatic rings. The Hall–Kier alpha value is 0.935. The number of hydrogen-bond acceptors (Lipinski definition) is 0. The third-order valence-corrected chi connectivity index (χ3v) is 4.66. The van der Waals surface area contributed by atoms with Crippen LogP contribution in [0.1, 0.15) is 33.5 Å². The van der Waals surface area contributed by atoms with Gasteiger partial charge >= 0.3 is 69.4 Å². The van der Waals surface area contributed by atoms with Gasteiger partial charge < -0.3 is 0 Å². The van der Waals surface area contributed by atoms with E-state index in [1.807, 2.05) is 0 Å². The maximum atomic E-state index is 7.92. The first kappa shape index (κ1) is 5.70. The van der Waals surface area contributed by atoms with E-state index < -0.39 is 0 Å². The predicted octanol–water partition coefficient (Wildman–Crippen LogP) is 2.53. The standard InChI is InChI=1S/C7H13.Hg/c1-7-5-3-2-4-6-7;/h7H,1-6H2;/i7D;. The Morgan fingerprint density at radius 3 is 2.38 bits per heavy atom. The average molecular weight is 299 g/mol. The molecule has 1 fully saturated rings. The number of rotatable bonds is 1. The zero-order chi connectivity index (χ0) is 6.74. The van der Waals surface area contributed by atoms with Crippen LogP contribution in [-0.4, -0.2) is 0 Å². The van der Waals surface area contributed by atoms with Crippen LogP contribution in [0.15, 0.2) is 0 Å². The van der Waals surface area contributed by atoms with Gasteiger partial charge in [0, 0.05) is 0 Å². The molecule has 0 bridgehead atoms. The van der Waals surface area contributed by atoms with E-state index in [2.05, 4.69) is 0 Å². The summed E-state index contributed by atoms with van der Waals surface area (Å²) in [6, 6.07) is 0. The third kappa shape index (κ3) is 2.04. The van der Waals surface area contributed by atoms with Crippen LogP contribution in [0.4, 0.5) is 0 Å². The van der Waals surface area contributed by atoms with Crippen molar-refractivity contribution in [2.75, 3.05) is 0 Å². The summed E-state index contributed by atoms with van der Waals surface area (Å²) in [5, 5.41) is 0. The summed E-state index contributed by atoms with van der Waals surface area (Å²) < 4.78 is 9.16. The van der Waals surface area contributed by atoms with Gasteiger partial charge in [0.15, 0.2) is 0 Å². The molecule has 0 aromatic heterocycles. The second-order valence-electron chi connectivity index (χ2n) is 2.56. The third-order valence-electron chi connectivity index (χ3n) is 1.91. The van der Waals surface area contributed by atoms with Crippen LogP contribution in [0.2, 0.25) is 3.93 Å². The Morgan fingerprint density at radius 1 is 1.38 bits per heavy atom. The van der Waals surface area contributed by atoms with E-state index in [0.717, 1.165) is 26.1 Å². The molecule has 0 saturated heterocycles. The fraction of sp³-hybridized carbons (Fsp3) is 1.00. The molecule has 0 amide bonds. The SMILES string of the molecule is [2H]C1([CH2][Hg])CCCCC1. The quantitative estimate of drug-likeness (QED) is 0.653. The summed E-state index contributed by atoms with van der Waals surface area (Å²) in [6.45, 7) is 0. The molecule has 1 aliphatic rings. The molecule has 0 aliphatic heterocycles. The molecular formula is C7H13Hg. The van der Waals surface area contributed by atoms with Crippen LogP contribution in [-0.2, 0) is 26.1 Å². The second kappa shape index (κ2) is 3.87. The van der Waals surface area contributed by atoms with Gasteiger partial charge in [-0.1, -0.05) is 0 Å². The van der Waals surface area contributed by atoms with E-state index in [1.165, 1.54) is 36.0 Å². The Labute approximate surface area is 69.4 Å². The van der Waals surface area contributed by atoms with Crippen molar-refractivity contribution in [2.24, 2.45) is 5.89 Å². The maximum absolute atomic E-state index is 7.92. The summed E-state index contributed by atoms with van der Waals surface area (Å²) >= 11 is 0.849. The molecule has 8 heavy (non-hydrogen) atoms. The topological polar surface area (TPSA) is 0 Å². The van der Waals surface area contributed by atoms with Gasteiger partial charge in [-0.15, -0.1) is 0 Å². The van der Waals surface area contributed by atoms with Crippen molar-refractivity contribution in [1.82, 2.24) is 0 Å². The van der Waals surface area contributed by atoms with Gasteiger partial charge in [0.05, 0.1) is 0 Å². The molecule has 0 aromatic carbocycles. The summed E-state index contributed by atoms with van der Waals surface area (Å²) in [5.41, 5.74) is 0. The minimum atomic E-state index is 0.0569. The molecule has 1 aliphatic carbocycles. The van der Waals surface area contributed by atoms with Crippen LogP contribution < -0.4 is 0 Å². The Morgan fingerprint density at radius 2 is 2.00 bits per heavy atom. The Balaban J connectivity index is 2.37. The van der Waals surface area contributed by atoms with Crippen LogP contribution in [0.25, 0.3) is 0 Å². The van der Waals surface area contributed by atoms with Gasteiger partial charge in [0.2, 0.25) is 0 Å². The minimum absolute atomic E-state index is 0.0569. The monoisotopic (exact) mass is 300 g/mol. The first-order chi connectivity index (χ1) is 4.27. The molecule has 43 valence electrons. The average Bonchev–Trinajstić information content (AvgIpc) is 1.90. The second-order valence-corrected chi connectivity index (χ2v) is 4.50. The van der Waals surface area contributed by atoms with Gasteiger partial charge in [0.25, 0.3) is 0 Å². The first-order valence-electron chi connectivity index (χ1n) is 4.06. The van der Waals surface area contributed by atoms with Gasteiger partial charge in [-0.05, 0) is 0 Å². The molecule has 0 unspecified atom stereocenters. The molecule has 0 atom stereocenters. The van der Waals surface area contributed by atoms with Crippen molar-refractivity contribution in [1.29, 1.82) is 0 Å². The predicted molar refractivity (Wildman–Crippen MR) is 31.4 cm³/mol. The van der Waals surface area contributed by atoms with Gasteiger partial charge in [-0.2, -0.15) is 0 Å². The Kier molecular flexibility index (Phi) is 2.75. The number of hydrogen-bond donors (Lipinski definition) is 0. The van der Waals surface area contributed by atoms with Crippen LogP contribution in [0.5, 0.6) is 0 Å². The summed E-state index contributed by atoms with van der Waals surface area (Å²) in [5.74, 6) is 0.0569. The summed E-state index contributed by atoms with van der Waals surface area (Å²) in [6.07, 6.45) is 6.41. The van der Waals surface area contributed by atoms with Crippen molar-refractivity contribution < 1.29 is 27.5 Å². The molecule has 0 spiro atoms. The van der Waals surface area contributed by atoms with Crippen molar-refractivity contribution >= 4 is 0 Å². The molecule has 0 heterocycles. The molecule has 1 saturated carbocycles. The van der Waals surface area contributed by atoms with Crippen LogP contribution >= 0.6 is 0 Å². The first-order valence-corrected chi connectivity index (χ1v) is 7.45. The van der Waals surface area contributed by atoms with Gasteiger partial charge in [0.1, 0.15) is 0 Å². The van der Waals surface area contributed by atoms with Crippen LogP contribution in [0, 0.1) is 5.89 Å². The molecule has 0 N–H and O–H groups in total. The molecular weight excluding hydrogens is 285 g/mol. The van der Waals surface area contributed by atoms with E-state index >= 15 is 0 Å². The zero-order valence-corrected chi connectivity index (χ0v) is 10.9. The van der Waals surface area contributed by atoms with Gasteiger partial charge in [-0.25, -0.2) is 0 Å². The molecule has 0 radical (unpaired) electrons. The van der Waals surface area contributed by atoms with E-state index in [1.54, 1.807) is 0 Å². The molecule has 1 rings (SSSR count). The van der Waals surface area contributed by atoms with E-state index in [-0.39, 0.29) is 5.89 Å². The van der Waals surface area contributed by atoms with Crippen molar-refractivity contribution in [3.63, 3.8) is 0 Å². The van der Waals surface area contributed by atoms with E-state index in [0.29, 0.717) is 0 Å². The van der Waals surface area contributed by atoms with E-state index in [9.17, 15) is 0 Å². The summed E-state index contributed by atoms with van der Waals surface area (Å²) in [4.78, 5) is 0. The fourth-order valence-corrected chi connectivity index (χ4v) is 3.25.